The first-order chi connectivity index (χ1) is 15.8. The highest BCUT2D eigenvalue weighted by molar-refractivity contribution is 7.14. The number of amides is 1. The molecule has 174 valence electrons. The number of rotatable bonds is 7. The van der Waals surface area contributed by atoms with Crippen molar-refractivity contribution in [3.8, 4) is 5.75 Å². The van der Waals surface area contributed by atoms with Crippen LogP contribution in [0.25, 0.3) is 0 Å². The van der Waals surface area contributed by atoms with Gasteiger partial charge < -0.3 is 14.5 Å². The standard InChI is InChI=1S/C25H31N5O2S/c1-25(2,18-7-9-20(32-5)10-8-18)21-16-33-24(27-21)28-23(31)17-6-11-22(26-14-17)30-13-12-19(15-30)29(3)4/h6-11,14,16,19H,12-13,15H2,1-5H3,(H,27,28,31). The summed E-state index contributed by atoms with van der Waals surface area (Å²) in [4.78, 5) is 26.5. The van der Waals surface area contributed by atoms with Crippen molar-refractivity contribution < 1.29 is 9.53 Å². The second-order valence-corrected chi connectivity index (χ2v) is 9.96. The Morgan fingerprint density at radius 3 is 2.58 bits per heavy atom. The largest absolute Gasteiger partial charge is 0.497 e. The summed E-state index contributed by atoms with van der Waals surface area (Å²) in [6.07, 6.45) is 2.76. The first kappa shape index (κ1) is 23.2. The van der Waals surface area contributed by atoms with Gasteiger partial charge in [0.1, 0.15) is 11.6 Å². The number of benzene rings is 1. The summed E-state index contributed by atoms with van der Waals surface area (Å²) in [5, 5.41) is 5.49. The molecule has 0 spiro atoms. The molecule has 0 saturated carbocycles. The predicted molar refractivity (Wildman–Crippen MR) is 134 cm³/mol. The van der Waals surface area contributed by atoms with Crippen molar-refractivity contribution in [1.82, 2.24) is 14.9 Å². The van der Waals surface area contributed by atoms with E-state index in [2.05, 4.69) is 48.0 Å². The van der Waals surface area contributed by atoms with E-state index >= 15 is 0 Å². The number of aromatic nitrogens is 2. The van der Waals surface area contributed by atoms with Gasteiger partial charge in [0, 0.05) is 36.1 Å². The summed E-state index contributed by atoms with van der Waals surface area (Å²) in [6, 6.07) is 12.3. The highest BCUT2D eigenvalue weighted by Crippen LogP contribution is 2.34. The minimum atomic E-state index is -0.297. The van der Waals surface area contributed by atoms with Crippen molar-refractivity contribution in [2.24, 2.45) is 0 Å². The quantitative estimate of drug-likeness (QED) is 0.562. The van der Waals surface area contributed by atoms with Crippen LogP contribution < -0.4 is 15.0 Å². The Kier molecular flexibility index (Phi) is 6.67. The van der Waals surface area contributed by atoms with Crippen LogP contribution in [0.2, 0.25) is 0 Å². The molecule has 7 nitrogen and oxygen atoms in total. The third kappa shape index (κ3) is 5.02. The Hall–Kier alpha value is -2.97. The Balaban J connectivity index is 1.41. The van der Waals surface area contributed by atoms with E-state index in [0.717, 1.165) is 42.3 Å². The molecule has 1 aromatic carbocycles. The third-order valence-corrected chi connectivity index (χ3v) is 7.16. The summed E-state index contributed by atoms with van der Waals surface area (Å²) in [5.74, 6) is 1.53. The van der Waals surface area contributed by atoms with E-state index < -0.39 is 0 Å². The highest BCUT2D eigenvalue weighted by Gasteiger charge is 2.27. The van der Waals surface area contributed by atoms with Crippen molar-refractivity contribution in [2.75, 3.05) is 44.5 Å². The van der Waals surface area contributed by atoms with Crippen molar-refractivity contribution in [3.05, 3.63) is 64.8 Å². The van der Waals surface area contributed by atoms with Crippen LogP contribution >= 0.6 is 11.3 Å². The van der Waals surface area contributed by atoms with Crippen LogP contribution in [-0.2, 0) is 5.41 Å². The molecule has 0 radical (unpaired) electrons. The van der Waals surface area contributed by atoms with E-state index in [9.17, 15) is 4.79 Å². The minimum Gasteiger partial charge on any atom is -0.497 e. The van der Waals surface area contributed by atoms with Gasteiger partial charge >= 0.3 is 0 Å². The molecule has 0 aliphatic carbocycles. The maximum atomic E-state index is 12.8. The van der Waals surface area contributed by atoms with Gasteiger partial charge in [0.25, 0.3) is 5.91 Å². The average Bonchev–Trinajstić information content (AvgIpc) is 3.50. The highest BCUT2D eigenvalue weighted by atomic mass is 32.1. The van der Waals surface area contributed by atoms with Gasteiger partial charge in [0.15, 0.2) is 5.13 Å². The van der Waals surface area contributed by atoms with Crippen LogP contribution in [0.3, 0.4) is 0 Å². The van der Waals surface area contributed by atoms with Crippen molar-refractivity contribution in [1.29, 1.82) is 0 Å². The second-order valence-electron chi connectivity index (χ2n) is 9.10. The molecule has 33 heavy (non-hydrogen) atoms. The predicted octanol–water partition coefficient (Wildman–Crippen LogP) is 4.27. The van der Waals surface area contributed by atoms with Gasteiger partial charge in [-0.15, -0.1) is 11.3 Å². The molecule has 2 aromatic heterocycles. The van der Waals surface area contributed by atoms with Gasteiger partial charge in [0.2, 0.25) is 0 Å². The summed E-state index contributed by atoms with van der Waals surface area (Å²) in [7, 11) is 5.87. The monoisotopic (exact) mass is 465 g/mol. The fourth-order valence-electron chi connectivity index (χ4n) is 4.02. The lowest BCUT2D eigenvalue weighted by Crippen LogP contribution is -2.31. The van der Waals surface area contributed by atoms with Crippen molar-refractivity contribution in [2.45, 2.75) is 31.7 Å². The number of carbonyl (C=O) groups is 1. The lowest BCUT2D eigenvalue weighted by molar-refractivity contribution is 0.102. The van der Waals surface area contributed by atoms with Crippen LogP contribution in [0.4, 0.5) is 10.9 Å². The first-order valence-electron chi connectivity index (χ1n) is 11.1. The number of thiazole rings is 1. The van der Waals surface area contributed by atoms with E-state index in [-0.39, 0.29) is 11.3 Å². The lowest BCUT2D eigenvalue weighted by Gasteiger charge is -2.23. The molecule has 1 saturated heterocycles. The van der Waals surface area contributed by atoms with E-state index in [1.807, 2.05) is 41.8 Å². The smallest absolute Gasteiger partial charge is 0.259 e. The van der Waals surface area contributed by atoms with Crippen molar-refractivity contribution in [3.63, 3.8) is 0 Å². The van der Waals surface area contributed by atoms with Gasteiger partial charge in [-0.3, -0.25) is 10.1 Å². The van der Waals surface area contributed by atoms with E-state index in [1.54, 1.807) is 13.3 Å². The van der Waals surface area contributed by atoms with Crippen LogP contribution in [-0.4, -0.2) is 61.1 Å². The zero-order chi connectivity index (χ0) is 23.6. The van der Waals surface area contributed by atoms with Crippen LogP contribution in [0.15, 0.2) is 48.0 Å². The molecule has 0 bridgehead atoms. The summed E-state index contributed by atoms with van der Waals surface area (Å²) in [5.41, 5.74) is 2.26. The molecule has 1 atom stereocenters. The molecule has 1 amide bonds. The minimum absolute atomic E-state index is 0.204. The van der Waals surface area contributed by atoms with Gasteiger partial charge in [-0.25, -0.2) is 9.97 Å². The van der Waals surface area contributed by atoms with Gasteiger partial charge in [-0.2, -0.15) is 0 Å². The topological polar surface area (TPSA) is 70.6 Å². The zero-order valence-corrected chi connectivity index (χ0v) is 20.6. The van der Waals surface area contributed by atoms with Gasteiger partial charge in [-0.1, -0.05) is 26.0 Å². The number of hydrogen-bond acceptors (Lipinski definition) is 7. The molecular weight excluding hydrogens is 434 g/mol. The number of likely N-dealkylation sites (N-methyl/N-ethyl adjacent to an activating group) is 1. The summed E-state index contributed by atoms with van der Waals surface area (Å²) < 4.78 is 5.26. The molecule has 1 unspecified atom stereocenters. The molecule has 1 aliphatic heterocycles. The van der Waals surface area contributed by atoms with Gasteiger partial charge in [0.05, 0.1) is 18.4 Å². The third-order valence-electron chi connectivity index (χ3n) is 6.40. The Labute approximate surface area is 199 Å². The molecule has 3 aromatic rings. The lowest BCUT2D eigenvalue weighted by atomic mass is 9.82. The Morgan fingerprint density at radius 2 is 1.97 bits per heavy atom. The zero-order valence-electron chi connectivity index (χ0n) is 19.8. The maximum Gasteiger partial charge on any atom is 0.259 e. The summed E-state index contributed by atoms with van der Waals surface area (Å²) in [6.45, 7) is 6.18. The number of carbonyl (C=O) groups excluding carboxylic acids is 1. The number of pyridine rings is 1. The number of anilines is 2. The molecule has 1 N–H and O–H groups in total. The normalized spacial score (nSPS) is 16.3. The Morgan fingerprint density at radius 1 is 1.21 bits per heavy atom. The number of ether oxygens (including phenoxy) is 1. The van der Waals surface area contributed by atoms with Crippen LogP contribution in [0.5, 0.6) is 5.75 Å². The van der Waals surface area contributed by atoms with Crippen molar-refractivity contribution >= 4 is 28.2 Å². The number of methoxy groups -OCH3 is 1. The summed E-state index contributed by atoms with van der Waals surface area (Å²) >= 11 is 1.43. The number of nitrogens with zero attached hydrogens (tertiary/aromatic N) is 4. The molecule has 3 heterocycles. The van der Waals surface area contributed by atoms with Crippen LogP contribution in [0, 0.1) is 0 Å². The molecule has 4 rings (SSSR count). The van der Waals surface area contributed by atoms with Crippen LogP contribution in [0.1, 0.15) is 41.9 Å². The Bertz CT molecular complexity index is 1090. The molecular formula is C25H31N5O2S. The second kappa shape index (κ2) is 9.49. The fraction of sp³-hybridized carbons (Fsp3) is 0.400. The van der Waals surface area contributed by atoms with E-state index in [0.29, 0.717) is 16.7 Å². The van der Waals surface area contributed by atoms with Gasteiger partial charge in [-0.05, 0) is 50.3 Å². The average molecular weight is 466 g/mol. The van der Waals surface area contributed by atoms with E-state index in [4.69, 9.17) is 9.72 Å². The van der Waals surface area contributed by atoms with E-state index in [1.165, 1.54) is 11.3 Å². The maximum absolute atomic E-state index is 12.8. The molecule has 1 aliphatic rings. The first-order valence-corrected chi connectivity index (χ1v) is 11.9. The number of nitrogens with one attached hydrogen (secondary N) is 1. The molecule has 1 fully saturated rings. The fourth-order valence-corrected chi connectivity index (χ4v) is 4.90. The molecule has 8 heteroatoms. The SMILES string of the molecule is COc1ccc(C(C)(C)c2csc(NC(=O)c3ccc(N4CCC(N(C)C)C4)nc3)n2)cc1. The number of hydrogen-bond donors (Lipinski definition) is 1.